The smallest absolute Gasteiger partial charge is 0.0965 e. The molecule has 4 heteroatoms. The molecule has 1 fully saturated rings. The summed E-state index contributed by atoms with van der Waals surface area (Å²) in [5, 5.41) is 4.50. The van der Waals surface area contributed by atoms with E-state index in [-0.39, 0.29) is 12.1 Å². The fourth-order valence-corrected chi connectivity index (χ4v) is 2.60. The maximum absolute atomic E-state index is 5.78. The number of rotatable bonds is 4. The first-order chi connectivity index (χ1) is 9.86. The average molecular weight is 272 g/mol. The fourth-order valence-electron chi connectivity index (χ4n) is 2.60. The molecule has 0 saturated carbocycles. The van der Waals surface area contributed by atoms with Gasteiger partial charge >= 0.3 is 0 Å². The van der Waals surface area contributed by atoms with Crippen LogP contribution in [0.1, 0.15) is 5.69 Å². The van der Waals surface area contributed by atoms with Gasteiger partial charge < -0.3 is 14.8 Å². The van der Waals surface area contributed by atoms with Gasteiger partial charge in [-0.3, -0.25) is 4.98 Å². The first-order valence-corrected chi connectivity index (χ1v) is 7.08. The van der Waals surface area contributed by atoms with Gasteiger partial charge in [-0.2, -0.15) is 0 Å². The Hall–Kier alpha value is -1.49. The summed E-state index contributed by atoms with van der Waals surface area (Å²) < 4.78 is 11.3. The number of nitrogens with one attached hydrogen (secondary N) is 1. The van der Waals surface area contributed by atoms with E-state index in [4.69, 9.17) is 14.5 Å². The molecule has 2 heterocycles. The normalized spacial score (nSPS) is 20.9. The first kappa shape index (κ1) is 13.5. The second kappa shape index (κ2) is 6.31. The molecule has 1 N–H and O–H groups in total. The zero-order chi connectivity index (χ0) is 13.8. The molecular formula is C16H20N2O2. The lowest BCUT2D eigenvalue weighted by Gasteiger charge is -2.30. The molecule has 0 radical (unpaired) electrons. The molecule has 2 aromatic rings. The third-order valence-electron chi connectivity index (χ3n) is 3.75. The largest absolute Gasteiger partial charge is 0.376 e. The fraction of sp³-hybridized carbons (Fsp3) is 0.438. The Kier molecular flexibility index (Phi) is 4.25. The molecule has 0 amide bonds. The molecule has 0 spiro atoms. The third kappa shape index (κ3) is 2.98. The Morgan fingerprint density at radius 3 is 2.95 bits per heavy atom. The quantitative estimate of drug-likeness (QED) is 0.921. The number of hydrogen-bond acceptors (Lipinski definition) is 4. The summed E-state index contributed by atoms with van der Waals surface area (Å²) in [5.41, 5.74) is 2.12. The molecular weight excluding hydrogens is 252 g/mol. The first-order valence-electron chi connectivity index (χ1n) is 7.08. The highest BCUT2D eigenvalue weighted by molar-refractivity contribution is 5.78. The molecule has 1 aromatic heterocycles. The van der Waals surface area contributed by atoms with Crippen LogP contribution in [-0.4, -0.2) is 44.0 Å². The topological polar surface area (TPSA) is 43.4 Å². The van der Waals surface area contributed by atoms with Gasteiger partial charge in [0.1, 0.15) is 0 Å². The average Bonchev–Trinajstić information content (AvgIpc) is 2.53. The van der Waals surface area contributed by atoms with Crippen LogP contribution in [0.3, 0.4) is 0 Å². The molecule has 0 aliphatic carbocycles. The zero-order valence-electron chi connectivity index (χ0n) is 11.7. The van der Waals surface area contributed by atoms with Gasteiger partial charge in [0.25, 0.3) is 0 Å². The van der Waals surface area contributed by atoms with Crippen LogP contribution in [0.5, 0.6) is 0 Å². The molecule has 3 rings (SSSR count). The van der Waals surface area contributed by atoms with E-state index in [2.05, 4.69) is 23.5 Å². The minimum Gasteiger partial charge on any atom is -0.376 e. The molecule has 1 aromatic carbocycles. The standard InChI is InChI=1S/C16H20N2O2/c1-17-15(16-11-19-8-9-20-16)10-13-7-6-12-4-2-3-5-14(12)18-13/h2-7,15-17H,8-11H2,1H3. The Balaban J connectivity index is 1.76. The Bertz CT molecular complexity index is 567. The lowest BCUT2D eigenvalue weighted by Crippen LogP contribution is -2.46. The zero-order valence-corrected chi connectivity index (χ0v) is 11.7. The van der Waals surface area contributed by atoms with Crippen LogP contribution in [0.25, 0.3) is 10.9 Å². The lowest BCUT2D eigenvalue weighted by atomic mass is 10.0. The van der Waals surface area contributed by atoms with E-state index in [0.29, 0.717) is 19.8 Å². The Morgan fingerprint density at radius 2 is 2.15 bits per heavy atom. The molecule has 106 valence electrons. The highest BCUT2D eigenvalue weighted by Crippen LogP contribution is 2.15. The van der Waals surface area contributed by atoms with Crippen molar-refractivity contribution in [2.45, 2.75) is 18.6 Å². The number of ether oxygens (including phenoxy) is 2. The van der Waals surface area contributed by atoms with Crippen LogP contribution >= 0.6 is 0 Å². The van der Waals surface area contributed by atoms with Crippen molar-refractivity contribution in [3.8, 4) is 0 Å². The van der Waals surface area contributed by atoms with Gasteiger partial charge in [-0.1, -0.05) is 24.3 Å². The minimum atomic E-state index is 0.0991. The van der Waals surface area contributed by atoms with Gasteiger partial charge in [0.2, 0.25) is 0 Å². The van der Waals surface area contributed by atoms with E-state index < -0.39 is 0 Å². The maximum Gasteiger partial charge on any atom is 0.0965 e. The summed E-state index contributed by atoms with van der Waals surface area (Å²) in [4.78, 5) is 4.72. The predicted molar refractivity (Wildman–Crippen MR) is 78.9 cm³/mol. The van der Waals surface area contributed by atoms with Crippen LogP contribution < -0.4 is 5.32 Å². The molecule has 1 aliphatic rings. The monoisotopic (exact) mass is 272 g/mol. The maximum atomic E-state index is 5.78. The van der Waals surface area contributed by atoms with Gasteiger partial charge in [0.15, 0.2) is 0 Å². The number of fused-ring (bicyclic) bond motifs is 1. The summed E-state index contributed by atoms with van der Waals surface area (Å²) in [6.45, 7) is 2.02. The molecule has 1 aliphatic heterocycles. The number of likely N-dealkylation sites (N-methyl/N-ethyl adjacent to an activating group) is 1. The highest BCUT2D eigenvalue weighted by Gasteiger charge is 2.24. The van der Waals surface area contributed by atoms with E-state index in [9.17, 15) is 0 Å². The summed E-state index contributed by atoms with van der Waals surface area (Å²) in [7, 11) is 1.96. The molecule has 20 heavy (non-hydrogen) atoms. The van der Waals surface area contributed by atoms with Gasteiger partial charge in [0.05, 0.1) is 31.4 Å². The number of nitrogens with zero attached hydrogens (tertiary/aromatic N) is 1. The van der Waals surface area contributed by atoms with E-state index in [1.54, 1.807) is 0 Å². The van der Waals surface area contributed by atoms with Crippen molar-refractivity contribution in [2.24, 2.45) is 0 Å². The SMILES string of the molecule is CNC(Cc1ccc2ccccc2n1)C1COCCO1. The van der Waals surface area contributed by atoms with Crippen molar-refractivity contribution in [3.63, 3.8) is 0 Å². The van der Waals surface area contributed by atoms with Crippen molar-refractivity contribution in [3.05, 3.63) is 42.1 Å². The van der Waals surface area contributed by atoms with Crippen LogP contribution in [0.15, 0.2) is 36.4 Å². The van der Waals surface area contributed by atoms with Crippen molar-refractivity contribution in [1.82, 2.24) is 10.3 Å². The number of benzene rings is 1. The van der Waals surface area contributed by atoms with Crippen molar-refractivity contribution >= 4 is 10.9 Å². The molecule has 4 nitrogen and oxygen atoms in total. The number of hydrogen-bond donors (Lipinski definition) is 1. The second-order valence-corrected chi connectivity index (χ2v) is 5.08. The summed E-state index contributed by atoms with van der Waals surface area (Å²) in [5.74, 6) is 0. The molecule has 2 unspecified atom stereocenters. The van der Waals surface area contributed by atoms with Crippen LogP contribution in [-0.2, 0) is 15.9 Å². The van der Waals surface area contributed by atoms with E-state index >= 15 is 0 Å². The predicted octanol–water partition coefficient (Wildman–Crippen LogP) is 1.78. The molecule has 2 atom stereocenters. The molecule has 1 saturated heterocycles. The summed E-state index contributed by atoms with van der Waals surface area (Å²) in [6.07, 6.45) is 0.942. The van der Waals surface area contributed by atoms with Crippen LogP contribution in [0.4, 0.5) is 0 Å². The van der Waals surface area contributed by atoms with E-state index in [1.165, 1.54) is 5.39 Å². The lowest BCUT2D eigenvalue weighted by molar-refractivity contribution is -0.100. The van der Waals surface area contributed by atoms with Crippen molar-refractivity contribution < 1.29 is 9.47 Å². The van der Waals surface area contributed by atoms with Gasteiger partial charge in [-0.25, -0.2) is 0 Å². The third-order valence-corrected chi connectivity index (χ3v) is 3.75. The van der Waals surface area contributed by atoms with Gasteiger partial charge in [0, 0.05) is 23.5 Å². The summed E-state index contributed by atoms with van der Waals surface area (Å²) in [6, 6.07) is 12.6. The van der Waals surface area contributed by atoms with E-state index in [0.717, 1.165) is 17.6 Å². The van der Waals surface area contributed by atoms with Crippen molar-refractivity contribution in [2.75, 3.05) is 26.9 Å². The molecule has 0 bridgehead atoms. The number of pyridine rings is 1. The Labute approximate surface area is 119 Å². The van der Waals surface area contributed by atoms with Gasteiger partial charge in [-0.05, 0) is 19.2 Å². The number of aromatic nitrogens is 1. The van der Waals surface area contributed by atoms with Gasteiger partial charge in [-0.15, -0.1) is 0 Å². The summed E-state index contributed by atoms with van der Waals surface area (Å²) >= 11 is 0. The minimum absolute atomic E-state index is 0.0991. The van der Waals surface area contributed by atoms with Crippen molar-refractivity contribution in [1.29, 1.82) is 0 Å². The highest BCUT2D eigenvalue weighted by atomic mass is 16.6. The van der Waals surface area contributed by atoms with Crippen LogP contribution in [0.2, 0.25) is 0 Å². The number of para-hydroxylation sites is 1. The van der Waals surface area contributed by atoms with E-state index in [1.807, 2.05) is 25.2 Å². The second-order valence-electron chi connectivity index (χ2n) is 5.08. The Morgan fingerprint density at radius 1 is 1.25 bits per heavy atom. The van der Waals surface area contributed by atoms with Crippen LogP contribution in [0, 0.1) is 0 Å².